The molecule has 1 amide bonds. The van der Waals surface area contributed by atoms with E-state index < -0.39 is 11.6 Å². The Morgan fingerprint density at radius 3 is 2.57 bits per heavy atom. The Hall–Kier alpha value is -1.65. The Bertz CT molecular complexity index is 496. The number of halogens is 2. The molecule has 5 heteroatoms. The number of carbonyl (C=O) groups excluding carboxylic acids is 1. The van der Waals surface area contributed by atoms with Crippen LogP contribution in [0.3, 0.4) is 0 Å². The van der Waals surface area contributed by atoms with Gasteiger partial charge in [0.25, 0.3) is 5.91 Å². The Morgan fingerprint density at radius 1 is 1.33 bits per heavy atom. The van der Waals surface area contributed by atoms with Crippen molar-refractivity contribution >= 4 is 11.6 Å². The lowest BCUT2D eigenvalue weighted by Gasteiger charge is -2.33. The Balaban J connectivity index is 2.22. The summed E-state index contributed by atoms with van der Waals surface area (Å²) in [7, 11) is 0. The monoisotopic (exact) mass is 296 g/mol. The number of carbonyl (C=O) groups is 1. The van der Waals surface area contributed by atoms with Crippen molar-refractivity contribution in [1.29, 1.82) is 0 Å². The minimum atomic E-state index is -0.712. The van der Waals surface area contributed by atoms with Crippen LogP contribution in [0.4, 0.5) is 14.5 Å². The molecule has 116 valence electrons. The van der Waals surface area contributed by atoms with Crippen LogP contribution in [0.25, 0.3) is 0 Å². The summed E-state index contributed by atoms with van der Waals surface area (Å²) >= 11 is 0. The van der Waals surface area contributed by atoms with Gasteiger partial charge in [-0.3, -0.25) is 4.79 Å². The second-order valence-electron chi connectivity index (χ2n) is 5.59. The highest BCUT2D eigenvalue weighted by Gasteiger charge is 2.25. The molecule has 0 bridgehead atoms. The number of hydrogen-bond acceptors (Lipinski definition) is 2. The van der Waals surface area contributed by atoms with Gasteiger partial charge in [-0.2, -0.15) is 0 Å². The summed E-state index contributed by atoms with van der Waals surface area (Å²) in [5.41, 5.74) is -0.0686. The van der Waals surface area contributed by atoms with E-state index in [-0.39, 0.29) is 23.2 Å². The summed E-state index contributed by atoms with van der Waals surface area (Å²) in [5.74, 6) is -1.71. The summed E-state index contributed by atoms with van der Waals surface area (Å²) < 4.78 is 28.0. The molecule has 1 saturated heterocycles. The zero-order chi connectivity index (χ0) is 15.4. The van der Waals surface area contributed by atoms with Gasteiger partial charge in [-0.05, 0) is 44.7 Å². The molecule has 0 radical (unpaired) electrons. The van der Waals surface area contributed by atoms with Gasteiger partial charge in [-0.15, -0.1) is 0 Å². The van der Waals surface area contributed by atoms with Gasteiger partial charge in [-0.25, -0.2) is 8.78 Å². The van der Waals surface area contributed by atoms with Crippen LogP contribution < -0.4 is 5.32 Å². The molecule has 2 rings (SSSR count). The number of anilines is 1. The minimum Gasteiger partial charge on any atom is -0.380 e. The van der Waals surface area contributed by atoms with Gasteiger partial charge in [0.2, 0.25) is 0 Å². The lowest BCUT2D eigenvalue weighted by atomic mass is 10.0. The van der Waals surface area contributed by atoms with Crippen LogP contribution in [0.5, 0.6) is 0 Å². The smallest absolute Gasteiger partial charge is 0.254 e. The lowest BCUT2D eigenvalue weighted by Crippen LogP contribution is -2.42. The van der Waals surface area contributed by atoms with Crippen LogP contribution in [0.15, 0.2) is 12.1 Å². The molecule has 0 saturated carbocycles. The molecule has 0 aliphatic carbocycles. The Kier molecular flexibility index (Phi) is 5.15. The molecule has 1 heterocycles. The normalized spacial score (nSPS) is 18.7. The van der Waals surface area contributed by atoms with Crippen molar-refractivity contribution in [3.63, 3.8) is 0 Å². The van der Waals surface area contributed by atoms with Crippen molar-refractivity contribution in [2.24, 2.45) is 0 Å². The fourth-order valence-corrected chi connectivity index (χ4v) is 2.68. The predicted molar refractivity (Wildman–Crippen MR) is 79.5 cm³/mol. The topological polar surface area (TPSA) is 32.3 Å². The van der Waals surface area contributed by atoms with Gasteiger partial charge in [0, 0.05) is 24.7 Å². The average Bonchev–Trinajstić information content (AvgIpc) is 2.46. The molecule has 0 aromatic heterocycles. The number of piperidine rings is 1. The quantitative estimate of drug-likeness (QED) is 0.916. The molecular weight excluding hydrogens is 274 g/mol. The van der Waals surface area contributed by atoms with Crippen molar-refractivity contribution in [3.05, 3.63) is 29.3 Å². The van der Waals surface area contributed by atoms with E-state index in [1.54, 1.807) is 4.90 Å². The SMILES string of the molecule is CCCNc1c(F)cc(C(=O)N2CCCCC2C)cc1F. The van der Waals surface area contributed by atoms with Gasteiger partial charge in [0.15, 0.2) is 0 Å². The summed E-state index contributed by atoms with van der Waals surface area (Å²) in [6.07, 6.45) is 3.74. The third kappa shape index (κ3) is 3.52. The van der Waals surface area contributed by atoms with Crippen molar-refractivity contribution in [2.75, 3.05) is 18.4 Å². The molecule has 1 aliphatic rings. The Morgan fingerprint density at radius 2 is 2.00 bits per heavy atom. The number of likely N-dealkylation sites (tertiary alicyclic amines) is 1. The standard InChI is InChI=1S/C16H22F2N2O/c1-3-7-19-15-13(17)9-12(10-14(15)18)16(21)20-8-5-4-6-11(20)2/h9-11,19H,3-8H2,1-2H3. The van der Waals surface area contributed by atoms with E-state index in [0.717, 1.165) is 37.8 Å². The maximum Gasteiger partial charge on any atom is 0.254 e. The fraction of sp³-hybridized carbons (Fsp3) is 0.562. The second kappa shape index (κ2) is 6.87. The maximum atomic E-state index is 14.0. The zero-order valence-electron chi connectivity index (χ0n) is 12.6. The van der Waals surface area contributed by atoms with E-state index in [4.69, 9.17) is 0 Å². The van der Waals surface area contributed by atoms with Crippen LogP contribution in [0, 0.1) is 11.6 Å². The number of amides is 1. The molecule has 1 atom stereocenters. The largest absolute Gasteiger partial charge is 0.380 e. The third-order valence-electron chi connectivity index (χ3n) is 3.90. The first-order chi connectivity index (χ1) is 10.0. The molecule has 3 nitrogen and oxygen atoms in total. The minimum absolute atomic E-state index is 0.0841. The van der Waals surface area contributed by atoms with Crippen LogP contribution >= 0.6 is 0 Å². The van der Waals surface area contributed by atoms with Crippen LogP contribution in [0.2, 0.25) is 0 Å². The summed E-state index contributed by atoms with van der Waals surface area (Å²) in [6.45, 7) is 5.03. The van der Waals surface area contributed by atoms with Gasteiger partial charge in [0.05, 0.1) is 0 Å². The van der Waals surface area contributed by atoms with E-state index in [1.807, 2.05) is 13.8 Å². The van der Waals surface area contributed by atoms with E-state index in [1.165, 1.54) is 0 Å². The van der Waals surface area contributed by atoms with E-state index in [0.29, 0.717) is 13.1 Å². The Labute approximate surface area is 124 Å². The number of hydrogen-bond donors (Lipinski definition) is 1. The fourth-order valence-electron chi connectivity index (χ4n) is 2.68. The molecule has 1 N–H and O–H groups in total. The number of rotatable bonds is 4. The highest BCUT2D eigenvalue weighted by Crippen LogP contribution is 2.24. The van der Waals surface area contributed by atoms with Crippen LogP contribution in [-0.4, -0.2) is 29.9 Å². The third-order valence-corrected chi connectivity index (χ3v) is 3.90. The summed E-state index contributed by atoms with van der Waals surface area (Å²) in [5, 5.41) is 2.71. The average molecular weight is 296 g/mol. The van der Waals surface area contributed by atoms with Crippen molar-refractivity contribution in [1.82, 2.24) is 4.90 Å². The summed E-state index contributed by atoms with van der Waals surface area (Å²) in [6, 6.07) is 2.38. The van der Waals surface area contributed by atoms with E-state index in [2.05, 4.69) is 5.32 Å². The molecular formula is C16H22F2N2O. The van der Waals surface area contributed by atoms with Crippen LogP contribution in [-0.2, 0) is 0 Å². The number of benzene rings is 1. The van der Waals surface area contributed by atoms with E-state index >= 15 is 0 Å². The highest BCUT2D eigenvalue weighted by molar-refractivity contribution is 5.95. The van der Waals surface area contributed by atoms with Gasteiger partial charge in [0.1, 0.15) is 17.3 Å². The molecule has 1 aromatic rings. The number of nitrogens with one attached hydrogen (secondary N) is 1. The molecule has 1 aromatic carbocycles. The van der Waals surface area contributed by atoms with Crippen molar-refractivity contribution in [3.8, 4) is 0 Å². The van der Waals surface area contributed by atoms with Gasteiger partial charge >= 0.3 is 0 Å². The van der Waals surface area contributed by atoms with Crippen molar-refractivity contribution < 1.29 is 13.6 Å². The highest BCUT2D eigenvalue weighted by atomic mass is 19.1. The molecule has 1 fully saturated rings. The molecule has 1 unspecified atom stereocenters. The first-order valence-corrected chi connectivity index (χ1v) is 7.58. The zero-order valence-corrected chi connectivity index (χ0v) is 12.6. The molecule has 0 spiro atoms. The van der Waals surface area contributed by atoms with Gasteiger partial charge < -0.3 is 10.2 Å². The first-order valence-electron chi connectivity index (χ1n) is 7.58. The van der Waals surface area contributed by atoms with Crippen LogP contribution in [0.1, 0.15) is 49.9 Å². The van der Waals surface area contributed by atoms with Crippen molar-refractivity contribution in [2.45, 2.75) is 45.6 Å². The number of nitrogens with zero attached hydrogens (tertiary/aromatic N) is 1. The maximum absolute atomic E-state index is 14.0. The lowest BCUT2D eigenvalue weighted by molar-refractivity contribution is 0.0634. The van der Waals surface area contributed by atoms with E-state index in [9.17, 15) is 13.6 Å². The molecule has 1 aliphatic heterocycles. The summed E-state index contributed by atoms with van der Waals surface area (Å²) in [4.78, 5) is 14.1. The first kappa shape index (κ1) is 15.7. The second-order valence-corrected chi connectivity index (χ2v) is 5.59. The van der Waals surface area contributed by atoms with Gasteiger partial charge in [-0.1, -0.05) is 6.92 Å². The molecule has 21 heavy (non-hydrogen) atoms. The predicted octanol–water partition coefficient (Wildman–Crippen LogP) is 3.80.